The second kappa shape index (κ2) is 7.52. The van der Waals surface area contributed by atoms with Gasteiger partial charge in [-0.05, 0) is 12.1 Å². The molecule has 0 aliphatic heterocycles. The number of hydrogen-bond acceptors (Lipinski definition) is 5. The topological polar surface area (TPSA) is 85.1 Å². The monoisotopic (exact) mass is 353 g/mol. The molecular weight excluding hydrogens is 338 g/mol. The average molecular weight is 354 g/mol. The van der Waals surface area contributed by atoms with Gasteiger partial charge < -0.3 is 5.32 Å². The molecule has 0 bridgehead atoms. The number of carbonyl (C=O) groups is 1. The van der Waals surface area contributed by atoms with E-state index < -0.39 is 4.92 Å². The Kier molecular flexibility index (Phi) is 5.68. The molecule has 1 aromatic carbocycles. The van der Waals surface area contributed by atoms with Crippen molar-refractivity contribution >= 4 is 34.5 Å². The molecule has 0 spiro atoms. The van der Waals surface area contributed by atoms with Gasteiger partial charge in [0.2, 0.25) is 0 Å². The molecule has 0 saturated carbocycles. The Morgan fingerprint density at radius 2 is 2.22 bits per heavy atom. The Morgan fingerprint density at radius 3 is 2.83 bits per heavy atom. The van der Waals surface area contributed by atoms with Gasteiger partial charge in [0.1, 0.15) is 5.02 Å². The van der Waals surface area contributed by atoms with Gasteiger partial charge in [0, 0.05) is 35.9 Å². The highest BCUT2D eigenvalue weighted by Gasteiger charge is 2.16. The number of halogens is 1. The molecule has 2 aromatic rings. The molecular formula is C15H16ClN3O3S. The minimum atomic E-state index is -0.609. The van der Waals surface area contributed by atoms with Gasteiger partial charge in [0.25, 0.3) is 11.6 Å². The van der Waals surface area contributed by atoms with Crippen LogP contribution in [0.5, 0.6) is 0 Å². The molecule has 1 aromatic heterocycles. The largest absolute Gasteiger partial charge is 0.352 e. The minimum Gasteiger partial charge on any atom is -0.352 e. The van der Waals surface area contributed by atoms with Crippen LogP contribution in [0, 0.1) is 10.1 Å². The molecule has 2 rings (SSSR count). The molecule has 8 heteroatoms. The molecule has 0 aliphatic carbocycles. The molecule has 0 atom stereocenters. The average Bonchev–Trinajstić information content (AvgIpc) is 2.96. The van der Waals surface area contributed by atoms with Crippen molar-refractivity contribution in [1.29, 1.82) is 0 Å². The summed E-state index contributed by atoms with van der Waals surface area (Å²) in [7, 11) is 0. The molecule has 1 amide bonds. The van der Waals surface area contributed by atoms with Crippen LogP contribution in [0.4, 0.5) is 5.69 Å². The molecule has 0 aliphatic rings. The number of nitro groups is 1. The zero-order valence-electron chi connectivity index (χ0n) is 12.7. The van der Waals surface area contributed by atoms with E-state index in [1.54, 1.807) is 11.3 Å². The molecule has 1 heterocycles. The second-order valence-corrected chi connectivity index (χ2v) is 6.56. The Hall–Kier alpha value is -1.99. The lowest BCUT2D eigenvalue weighted by molar-refractivity contribution is -0.384. The number of aromatic nitrogens is 1. The van der Waals surface area contributed by atoms with E-state index in [0.717, 1.165) is 10.7 Å². The number of thiazole rings is 1. The maximum Gasteiger partial charge on any atom is 0.288 e. The SMILES string of the molecule is CC(C)c1nc(CCNC(=O)c2ccc(Cl)c([N+](=O)[O-])c2)cs1. The predicted octanol–water partition coefficient (Wildman–Crippen LogP) is 3.80. The van der Waals surface area contributed by atoms with Crippen molar-refractivity contribution in [2.45, 2.75) is 26.2 Å². The Labute approximate surface area is 142 Å². The summed E-state index contributed by atoms with van der Waals surface area (Å²) in [5, 5.41) is 16.6. The van der Waals surface area contributed by atoms with Gasteiger partial charge >= 0.3 is 0 Å². The molecule has 1 N–H and O–H groups in total. The molecule has 0 unspecified atom stereocenters. The van der Waals surface area contributed by atoms with Gasteiger partial charge in [-0.15, -0.1) is 11.3 Å². The third-order valence-electron chi connectivity index (χ3n) is 3.14. The highest BCUT2D eigenvalue weighted by Crippen LogP contribution is 2.25. The zero-order chi connectivity index (χ0) is 17.0. The number of nitrogens with one attached hydrogen (secondary N) is 1. The van der Waals surface area contributed by atoms with E-state index in [9.17, 15) is 14.9 Å². The summed E-state index contributed by atoms with van der Waals surface area (Å²) in [4.78, 5) is 26.8. The van der Waals surface area contributed by atoms with Crippen molar-refractivity contribution < 1.29 is 9.72 Å². The fourth-order valence-corrected chi connectivity index (χ4v) is 2.96. The third kappa shape index (κ3) is 4.49. The quantitative estimate of drug-likeness (QED) is 0.632. The van der Waals surface area contributed by atoms with Crippen LogP contribution >= 0.6 is 22.9 Å². The molecule has 23 heavy (non-hydrogen) atoms. The van der Waals surface area contributed by atoms with E-state index >= 15 is 0 Å². The summed E-state index contributed by atoms with van der Waals surface area (Å²) < 4.78 is 0. The lowest BCUT2D eigenvalue weighted by Gasteiger charge is -2.05. The third-order valence-corrected chi connectivity index (χ3v) is 4.65. The highest BCUT2D eigenvalue weighted by atomic mass is 35.5. The number of nitro benzene ring substituents is 1. The van der Waals surface area contributed by atoms with Crippen LogP contribution in [0.3, 0.4) is 0 Å². The van der Waals surface area contributed by atoms with Gasteiger partial charge in [-0.2, -0.15) is 0 Å². The summed E-state index contributed by atoms with van der Waals surface area (Å²) >= 11 is 7.33. The van der Waals surface area contributed by atoms with Crippen molar-refractivity contribution in [3.63, 3.8) is 0 Å². The predicted molar refractivity (Wildman–Crippen MR) is 90.3 cm³/mol. The molecule has 0 fully saturated rings. The second-order valence-electron chi connectivity index (χ2n) is 5.26. The lowest BCUT2D eigenvalue weighted by Crippen LogP contribution is -2.25. The van der Waals surface area contributed by atoms with Crippen molar-refractivity contribution in [1.82, 2.24) is 10.3 Å². The number of benzene rings is 1. The van der Waals surface area contributed by atoms with Crippen LogP contribution in [0.1, 0.15) is 40.8 Å². The van der Waals surface area contributed by atoms with Crippen LogP contribution in [-0.2, 0) is 6.42 Å². The minimum absolute atomic E-state index is 0.00948. The van der Waals surface area contributed by atoms with Crippen molar-refractivity contribution in [2.75, 3.05) is 6.54 Å². The summed E-state index contributed by atoms with van der Waals surface area (Å²) in [6.45, 7) is 4.58. The maximum atomic E-state index is 12.0. The summed E-state index contributed by atoms with van der Waals surface area (Å²) in [5.41, 5.74) is 0.865. The van der Waals surface area contributed by atoms with Gasteiger partial charge in [-0.25, -0.2) is 4.98 Å². The molecule has 6 nitrogen and oxygen atoms in total. The number of hydrogen-bond donors (Lipinski definition) is 1. The fraction of sp³-hybridized carbons (Fsp3) is 0.333. The van der Waals surface area contributed by atoms with Gasteiger partial charge in [-0.3, -0.25) is 14.9 Å². The number of amides is 1. The van der Waals surface area contributed by atoms with Crippen molar-refractivity contribution in [3.05, 3.63) is 55.0 Å². The Morgan fingerprint density at radius 1 is 1.48 bits per heavy atom. The molecule has 0 radical (unpaired) electrons. The summed E-state index contributed by atoms with van der Waals surface area (Å²) in [5.74, 6) is 0.0158. The Bertz CT molecular complexity index is 731. The van der Waals surface area contributed by atoms with Gasteiger partial charge in [0.15, 0.2) is 0 Å². The Balaban J connectivity index is 1.94. The first-order valence-electron chi connectivity index (χ1n) is 7.05. The zero-order valence-corrected chi connectivity index (χ0v) is 14.3. The van der Waals surface area contributed by atoms with Crippen molar-refractivity contribution in [3.8, 4) is 0 Å². The lowest BCUT2D eigenvalue weighted by atomic mass is 10.2. The van der Waals surface area contributed by atoms with Crippen LogP contribution in [0.25, 0.3) is 0 Å². The first-order valence-corrected chi connectivity index (χ1v) is 8.30. The first-order chi connectivity index (χ1) is 10.9. The van der Waals surface area contributed by atoms with Crippen LogP contribution in [-0.4, -0.2) is 22.4 Å². The standard InChI is InChI=1S/C15H16ClN3O3S/c1-9(2)15-18-11(8-23-15)5-6-17-14(20)10-3-4-12(16)13(7-10)19(21)22/h3-4,7-9H,5-6H2,1-2H3,(H,17,20). The van der Waals surface area contributed by atoms with Gasteiger partial charge in [0.05, 0.1) is 15.6 Å². The van der Waals surface area contributed by atoms with Gasteiger partial charge in [-0.1, -0.05) is 25.4 Å². The summed E-state index contributed by atoms with van der Waals surface area (Å²) in [6.07, 6.45) is 0.616. The van der Waals surface area contributed by atoms with E-state index in [0.29, 0.717) is 18.9 Å². The van der Waals surface area contributed by atoms with E-state index in [4.69, 9.17) is 11.6 Å². The van der Waals surface area contributed by atoms with E-state index in [1.165, 1.54) is 18.2 Å². The molecule has 122 valence electrons. The normalized spacial score (nSPS) is 10.8. The fourth-order valence-electron chi connectivity index (χ4n) is 1.90. The highest BCUT2D eigenvalue weighted by molar-refractivity contribution is 7.09. The number of rotatable bonds is 6. The number of nitrogens with zero attached hydrogens (tertiary/aromatic N) is 2. The smallest absolute Gasteiger partial charge is 0.288 e. The number of carbonyl (C=O) groups excluding carboxylic acids is 1. The first kappa shape index (κ1) is 17.4. The summed E-state index contributed by atoms with van der Waals surface area (Å²) in [6, 6.07) is 3.99. The van der Waals surface area contributed by atoms with E-state index in [1.807, 2.05) is 5.38 Å². The van der Waals surface area contributed by atoms with Crippen LogP contribution in [0.2, 0.25) is 5.02 Å². The molecule has 0 saturated heterocycles. The maximum absolute atomic E-state index is 12.0. The van der Waals surface area contributed by atoms with Crippen molar-refractivity contribution in [2.24, 2.45) is 0 Å². The van der Waals surface area contributed by atoms with E-state index in [-0.39, 0.29) is 22.2 Å². The van der Waals surface area contributed by atoms with E-state index in [2.05, 4.69) is 24.1 Å². The van der Waals surface area contributed by atoms with Crippen LogP contribution in [0.15, 0.2) is 23.6 Å². The van der Waals surface area contributed by atoms with Crippen LogP contribution < -0.4 is 5.32 Å².